The van der Waals surface area contributed by atoms with Gasteiger partial charge in [-0.3, -0.25) is 4.68 Å². The highest BCUT2D eigenvalue weighted by Crippen LogP contribution is 2.28. The van der Waals surface area contributed by atoms with Gasteiger partial charge in [0.25, 0.3) is 0 Å². The first kappa shape index (κ1) is 15.0. The number of fused-ring (bicyclic) bond motifs is 1. The first-order valence-corrected chi connectivity index (χ1v) is 8.50. The van der Waals surface area contributed by atoms with Crippen LogP contribution in [-0.4, -0.2) is 37.5 Å². The third-order valence-corrected chi connectivity index (χ3v) is 4.59. The Labute approximate surface area is 141 Å². The summed E-state index contributed by atoms with van der Waals surface area (Å²) in [7, 11) is 1.97. The molecular formula is C17H23N7. The van der Waals surface area contributed by atoms with Crippen LogP contribution in [-0.2, 0) is 13.6 Å². The number of aromatic nitrogens is 5. The molecule has 0 aliphatic carbocycles. The van der Waals surface area contributed by atoms with Gasteiger partial charge in [-0.15, -0.1) is 0 Å². The van der Waals surface area contributed by atoms with Crippen LogP contribution >= 0.6 is 0 Å². The summed E-state index contributed by atoms with van der Waals surface area (Å²) in [6.07, 6.45) is 10.2. The van der Waals surface area contributed by atoms with Gasteiger partial charge in [0.15, 0.2) is 11.5 Å². The van der Waals surface area contributed by atoms with Crippen molar-refractivity contribution in [3.8, 4) is 0 Å². The molecule has 0 amide bonds. The summed E-state index contributed by atoms with van der Waals surface area (Å²) in [5, 5.41) is 12.5. The van der Waals surface area contributed by atoms with Crippen molar-refractivity contribution in [1.29, 1.82) is 0 Å². The number of nitrogens with one attached hydrogen (secondary N) is 1. The summed E-state index contributed by atoms with van der Waals surface area (Å²) in [6.45, 7) is 5.15. The van der Waals surface area contributed by atoms with Crippen LogP contribution in [0.2, 0.25) is 0 Å². The molecule has 3 aromatic heterocycles. The van der Waals surface area contributed by atoms with Gasteiger partial charge < -0.3 is 10.2 Å². The summed E-state index contributed by atoms with van der Waals surface area (Å²) in [6, 6.07) is 1.88. The topological polar surface area (TPSA) is 63.3 Å². The normalized spacial score (nSPS) is 18.2. The molecule has 1 aliphatic heterocycles. The molecule has 1 fully saturated rings. The van der Waals surface area contributed by atoms with Gasteiger partial charge in [-0.1, -0.05) is 6.92 Å². The molecule has 0 bridgehead atoms. The molecule has 7 heteroatoms. The molecule has 3 aromatic rings. The number of anilines is 2. The van der Waals surface area contributed by atoms with Crippen molar-refractivity contribution in [2.45, 2.75) is 26.3 Å². The summed E-state index contributed by atoms with van der Waals surface area (Å²) < 4.78 is 3.68. The highest BCUT2D eigenvalue weighted by molar-refractivity contribution is 5.65. The monoisotopic (exact) mass is 325 g/mol. The molecule has 1 saturated heterocycles. The fourth-order valence-corrected chi connectivity index (χ4v) is 3.41. The summed E-state index contributed by atoms with van der Waals surface area (Å²) in [4.78, 5) is 6.80. The highest BCUT2D eigenvalue weighted by atomic mass is 15.4. The quantitative estimate of drug-likeness (QED) is 0.797. The van der Waals surface area contributed by atoms with Crippen LogP contribution in [0.4, 0.5) is 11.5 Å². The van der Waals surface area contributed by atoms with Crippen molar-refractivity contribution < 1.29 is 0 Å². The van der Waals surface area contributed by atoms with Gasteiger partial charge in [0.1, 0.15) is 0 Å². The van der Waals surface area contributed by atoms with Crippen molar-refractivity contribution in [3.05, 3.63) is 36.4 Å². The van der Waals surface area contributed by atoms with Crippen LogP contribution in [0.1, 0.15) is 25.3 Å². The van der Waals surface area contributed by atoms with E-state index in [2.05, 4.69) is 32.3 Å². The highest BCUT2D eigenvalue weighted by Gasteiger charge is 2.21. The molecule has 1 unspecified atom stereocenters. The smallest absolute Gasteiger partial charge is 0.174 e. The van der Waals surface area contributed by atoms with Crippen molar-refractivity contribution in [2.24, 2.45) is 13.0 Å². The predicted octanol–water partition coefficient (Wildman–Crippen LogP) is 2.31. The maximum Gasteiger partial charge on any atom is 0.174 e. The lowest BCUT2D eigenvalue weighted by Gasteiger charge is -2.31. The zero-order valence-electron chi connectivity index (χ0n) is 14.2. The minimum atomic E-state index is 0.683. The second-order valence-electron chi connectivity index (χ2n) is 6.64. The molecule has 24 heavy (non-hydrogen) atoms. The number of rotatable bonds is 4. The van der Waals surface area contributed by atoms with Crippen LogP contribution in [0, 0.1) is 5.92 Å². The van der Waals surface area contributed by atoms with E-state index in [0.29, 0.717) is 6.54 Å². The van der Waals surface area contributed by atoms with E-state index in [0.717, 1.165) is 41.7 Å². The van der Waals surface area contributed by atoms with Crippen LogP contribution in [0.15, 0.2) is 30.9 Å². The third kappa shape index (κ3) is 2.81. The fourth-order valence-electron chi connectivity index (χ4n) is 3.41. The van der Waals surface area contributed by atoms with Gasteiger partial charge in [-0.2, -0.15) is 10.2 Å². The zero-order chi connectivity index (χ0) is 16.5. The average Bonchev–Trinajstić information content (AvgIpc) is 3.16. The molecule has 0 spiro atoms. The lowest BCUT2D eigenvalue weighted by molar-refractivity contribution is 0.444. The Bertz CT molecular complexity index is 834. The van der Waals surface area contributed by atoms with E-state index in [1.54, 1.807) is 10.7 Å². The Kier molecular flexibility index (Phi) is 3.84. The summed E-state index contributed by atoms with van der Waals surface area (Å²) in [5.41, 5.74) is 3.04. The molecule has 0 saturated carbocycles. The molecule has 0 radical (unpaired) electrons. The Morgan fingerprint density at radius 2 is 2.29 bits per heavy atom. The van der Waals surface area contributed by atoms with Crippen molar-refractivity contribution >= 4 is 17.2 Å². The van der Waals surface area contributed by atoms with Crippen LogP contribution in [0.25, 0.3) is 5.65 Å². The minimum absolute atomic E-state index is 0.683. The predicted molar refractivity (Wildman–Crippen MR) is 94.1 cm³/mol. The SMILES string of the molecule is CC1CCCN(c2nn(C)cc2NCc2cnn3cccnc23)C1. The third-order valence-electron chi connectivity index (χ3n) is 4.59. The number of piperidine rings is 1. The van der Waals surface area contributed by atoms with Gasteiger partial charge >= 0.3 is 0 Å². The van der Waals surface area contributed by atoms with Gasteiger partial charge in [0.05, 0.1) is 18.1 Å². The molecule has 0 aromatic carbocycles. The molecule has 126 valence electrons. The Hall–Kier alpha value is -2.57. The second kappa shape index (κ2) is 6.14. The Balaban J connectivity index is 1.54. The molecule has 4 rings (SSSR count). The van der Waals surface area contributed by atoms with E-state index in [1.165, 1.54) is 12.8 Å². The minimum Gasteiger partial charge on any atom is -0.376 e. The van der Waals surface area contributed by atoms with E-state index in [1.807, 2.05) is 36.4 Å². The summed E-state index contributed by atoms with van der Waals surface area (Å²) in [5.74, 6) is 1.77. The van der Waals surface area contributed by atoms with E-state index in [-0.39, 0.29) is 0 Å². The first-order valence-electron chi connectivity index (χ1n) is 8.50. The molecular weight excluding hydrogens is 302 g/mol. The molecule has 1 aliphatic rings. The fraction of sp³-hybridized carbons (Fsp3) is 0.471. The van der Waals surface area contributed by atoms with Crippen molar-refractivity contribution in [1.82, 2.24) is 24.4 Å². The van der Waals surface area contributed by atoms with E-state index >= 15 is 0 Å². The molecule has 1 atom stereocenters. The lowest BCUT2D eigenvalue weighted by Crippen LogP contribution is -2.35. The van der Waals surface area contributed by atoms with E-state index in [9.17, 15) is 0 Å². The molecule has 7 nitrogen and oxygen atoms in total. The number of aryl methyl sites for hydroxylation is 1. The number of hydrogen-bond acceptors (Lipinski definition) is 5. The van der Waals surface area contributed by atoms with Crippen molar-refractivity contribution in [3.63, 3.8) is 0 Å². The van der Waals surface area contributed by atoms with Crippen molar-refractivity contribution in [2.75, 3.05) is 23.3 Å². The first-order chi connectivity index (χ1) is 11.7. The summed E-state index contributed by atoms with van der Waals surface area (Å²) >= 11 is 0. The lowest BCUT2D eigenvalue weighted by atomic mass is 10.0. The maximum atomic E-state index is 4.67. The number of hydrogen-bond donors (Lipinski definition) is 1. The molecule has 1 N–H and O–H groups in total. The van der Waals surface area contributed by atoms with E-state index in [4.69, 9.17) is 0 Å². The second-order valence-corrected chi connectivity index (χ2v) is 6.64. The van der Waals surface area contributed by atoms with Crippen LogP contribution < -0.4 is 10.2 Å². The Morgan fingerprint density at radius 3 is 3.17 bits per heavy atom. The van der Waals surface area contributed by atoms with E-state index < -0.39 is 0 Å². The number of nitrogens with zero attached hydrogens (tertiary/aromatic N) is 6. The van der Waals surface area contributed by atoms with Gasteiger partial charge in [-0.25, -0.2) is 9.50 Å². The maximum absolute atomic E-state index is 4.67. The van der Waals surface area contributed by atoms with Gasteiger partial charge in [0.2, 0.25) is 0 Å². The van der Waals surface area contributed by atoms with Gasteiger partial charge in [-0.05, 0) is 24.8 Å². The molecule has 4 heterocycles. The largest absolute Gasteiger partial charge is 0.376 e. The van der Waals surface area contributed by atoms with Crippen LogP contribution in [0.3, 0.4) is 0 Å². The zero-order valence-corrected chi connectivity index (χ0v) is 14.2. The van der Waals surface area contributed by atoms with Crippen LogP contribution in [0.5, 0.6) is 0 Å². The Morgan fingerprint density at radius 1 is 1.38 bits per heavy atom. The standard InChI is InChI=1S/C17H23N7/c1-13-5-3-7-23(11-13)17-15(12-22(2)21-17)19-9-14-10-20-24-8-4-6-18-16(14)24/h4,6,8,10,12-13,19H,3,5,7,9,11H2,1-2H3. The average molecular weight is 325 g/mol. The van der Waals surface area contributed by atoms with Gasteiger partial charge in [0, 0.05) is 44.6 Å².